The highest BCUT2D eigenvalue weighted by molar-refractivity contribution is 5.99. The second kappa shape index (κ2) is 7.61. The van der Waals surface area contributed by atoms with E-state index in [-0.39, 0.29) is 6.03 Å². The fraction of sp³-hybridized carbons (Fsp3) is 0.278. The summed E-state index contributed by atoms with van der Waals surface area (Å²) in [6.07, 6.45) is 0. The molecule has 0 spiro atoms. The number of urea groups is 1. The Kier molecular flexibility index (Phi) is 5.55. The number of carbonyl (C=O) groups is 1. The van der Waals surface area contributed by atoms with Crippen molar-refractivity contribution in [3.63, 3.8) is 0 Å². The van der Waals surface area contributed by atoms with Gasteiger partial charge >= 0.3 is 6.03 Å². The first-order chi connectivity index (χ1) is 10.6. The van der Waals surface area contributed by atoms with E-state index < -0.39 is 0 Å². The lowest BCUT2D eigenvalue weighted by molar-refractivity contribution is 0.185. The number of benzene rings is 2. The van der Waals surface area contributed by atoms with E-state index in [0.29, 0.717) is 12.5 Å². The van der Waals surface area contributed by atoms with E-state index in [0.717, 1.165) is 16.9 Å². The number of methoxy groups -OCH3 is 1. The lowest BCUT2D eigenvalue weighted by atomic mass is 10.0. The van der Waals surface area contributed by atoms with Gasteiger partial charge in [-0.25, -0.2) is 4.79 Å². The van der Waals surface area contributed by atoms with Gasteiger partial charge in [-0.1, -0.05) is 38.1 Å². The van der Waals surface area contributed by atoms with E-state index in [1.54, 1.807) is 7.11 Å². The highest BCUT2D eigenvalue weighted by Crippen LogP contribution is 2.17. The molecule has 0 bridgehead atoms. The van der Waals surface area contributed by atoms with E-state index in [4.69, 9.17) is 4.74 Å². The third kappa shape index (κ3) is 4.60. The van der Waals surface area contributed by atoms with Crippen molar-refractivity contribution in [2.45, 2.75) is 26.4 Å². The number of nitrogens with one attached hydrogen (secondary N) is 2. The Morgan fingerprint density at radius 1 is 0.955 bits per heavy atom. The fourth-order valence-electron chi connectivity index (χ4n) is 2.10. The molecule has 2 N–H and O–H groups in total. The van der Waals surface area contributed by atoms with E-state index in [2.05, 4.69) is 24.5 Å². The van der Waals surface area contributed by atoms with Gasteiger partial charge in [-0.2, -0.15) is 0 Å². The Bertz CT molecular complexity index is 604. The molecule has 0 radical (unpaired) electrons. The van der Waals surface area contributed by atoms with Gasteiger partial charge in [-0.3, -0.25) is 0 Å². The van der Waals surface area contributed by atoms with Gasteiger partial charge in [0.15, 0.2) is 0 Å². The minimum atomic E-state index is -0.253. The summed E-state index contributed by atoms with van der Waals surface area (Å²) in [4.78, 5) is 12.0. The van der Waals surface area contributed by atoms with Gasteiger partial charge < -0.3 is 15.4 Å². The van der Waals surface area contributed by atoms with Gasteiger partial charge in [0.25, 0.3) is 0 Å². The average molecular weight is 298 g/mol. The van der Waals surface area contributed by atoms with Crippen LogP contribution in [0.3, 0.4) is 0 Å². The molecule has 116 valence electrons. The van der Waals surface area contributed by atoms with Crippen molar-refractivity contribution in [2.24, 2.45) is 0 Å². The molecule has 0 fully saturated rings. The van der Waals surface area contributed by atoms with Crippen LogP contribution in [0.5, 0.6) is 0 Å². The van der Waals surface area contributed by atoms with Crippen LogP contribution in [-0.2, 0) is 11.3 Å². The van der Waals surface area contributed by atoms with Crippen LogP contribution in [0.15, 0.2) is 48.5 Å². The third-order valence-electron chi connectivity index (χ3n) is 3.36. The first kappa shape index (κ1) is 16.0. The summed E-state index contributed by atoms with van der Waals surface area (Å²) in [5.41, 5.74) is 3.84. The number of anilines is 2. The first-order valence-corrected chi connectivity index (χ1v) is 7.34. The van der Waals surface area contributed by atoms with Gasteiger partial charge in [0.05, 0.1) is 6.61 Å². The van der Waals surface area contributed by atoms with Gasteiger partial charge in [0, 0.05) is 18.5 Å². The van der Waals surface area contributed by atoms with Crippen LogP contribution in [0.25, 0.3) is 0 Å². The van der Waals surface area contributed by atoms with Crippen LogP contribution in [0, 0.1) is 0 Å². The monoisotopic (exact) mass is 298 g/mol. The molecule has 0 aliphatic carbocycles. The molecular weight excluding hydrogens is 276 g/mol. The molecule has 22 heavy (non-hydrogen) atoms. The zero-order chi connectivity index (χ0) is 15.9. The number of hydrogen-bond donors (Lipinski definition) is 2. The summed E-state index contributed by atoms with van der Waals surface area (Å²) in [6.45, 7) is 4.85. The molecule has 2 rings (SSSR count). The molecule has 0 aliphatic rings. The molecule has 0 heterocycles. The van der Waals surface area contributed by atoms with E-state index in [9.17, 15) is 4.79 Å². The molecule has 2 aromatic rings. The molecule has 0 saturated heterocycles. The average Bonchev–Trinajstić information content (AvgIpc) is 2.50. The fourth-order valence-corrected chi connectivity index (χ4v) is 2.10. The van der Waals surface area contributed by atoms with Crippen molar-refractivity contribution in [3.05, 3.63) is 59.7 Å². The molecule has 4 heteroatoms. The van der Waals surface area contributed by atoms with Crippen LogP contribution in [0.1, 0.15) is 30.9 Å². The summed E-state index contributed by atoms with van der Waals surface area (Å²) >= 11 is 0. The molecule has 0 aliphatic heterocycles. The van der Waals surface area contributed by atoms with E-state index in [1.165, 1.54) is 5.56 Å². The Labute approximate surface area is 131 Å². The van der Waals surface area contributed by atoms with Crippen LogP contribution in [0.4, 0.5) is 16.2 Å². The second-order valence-corrected chi connectivity index (χ2v) is 5.49. The van der Waals surface area contributed by atoms with Crippen molar-refractivity contribution in [1.82, 2.24) is 0 Å². The minimum absolute atomic E-state index is 0.253. The molecule has 0 unspecified atom stereocenters. The Balaban J connectivity index is 1.91. The molecule has 4 nitrogen and oxygen atoms in total. The summed E-state index contributed by atoms with van der Waals surface area (Å²) in [5, 5.41) is 5.63. The molecule has 0 saturated carbocycles. The number of carbonyl (C=O) groups excluding carboxylic acids is 1. The third-order valence-corrected chi connectivity index (χ3v) is 3.36. The Morgan fingerprint density at radius 2 is 1.45 bits per heavy atom. The minimum Gasteiger partial charge on any atom is -0.380 e. The Morgan fingerprint density at radius 3 is 1.91 bits per heavy atom. The normalized spacial score (nSPS) is 10.5. The summed E-state index contributed by atoms with van der Waals surface area (Å²) in [7, 11) is 1.66. The van der Waals surface area contributed by atoms with Crippen molar-refractivity contribution >= 4 is 17.4 Å². The van der Waals surface area contributed by atoms with Crippen LogP contribution in [0.2, 0.25) is 0 Å². The highest BCUT2D eigenvalue weighted by atomic mass is 16.5. The number of amides is 2. The molecular formula is C18H22N2O2. The Hall–Kier alpha value is -2.33. The van der Waals surface area contributed by atoms with Crippen molar-refractivity contribution in [1.29, 1.82) is 0 Å². The van der Waals surface area contributed by atoms with Crippen molar-refractivity contribution < 1.29 is 9.53 Å². The zero-order valence-corrected chi connectivity index (χ0v) is 13.2. The lowest BCUT2D eigenvalue weighted by Crippen LogP contribution is -2.19. The number of hydrogen-bond acceptors (Lipinski definition) is 2. The van der Waals surface area contributed by atoms with E-state index >= 15 is 0 Å². The largest absolute Gasteiger partial charge is 0.380 e. The van der Waals surface area contributed by atoms with Crippen molar-refractivity contribution in [3.8, 4) is 0 Å². The second-order valence-electron chi connectivity index (χ2n) is 5.49. The molecule has 2 amide bonds. The van der Waals surface area contributed by atoms with Crippen LogP contribution >= 0.6 is 0 Å². The standard InChI is InChI=1S/C18H22N2O2/c1-13(2)15-6-10-17(11-7-15)20-18(21)19-16-8-4-14(5-9-16)12-22-3/h4-11,13H,12H2,1-3H3,(H2,19,20,21). The summed E-state index contributed by atoms with van der Waals surface area (Å²) in [6, 6.07) is 15.2. The van der Waals surface area contributed by atoms with E-state index in [1.807, 2.05) is 48.5 Å². The SMILES string of the molecule is COCc1ccc(NC(=O)Nc2ccc(C(C)C)cc2)cc1. The van der Waals surface area contributed by atoms with Gasteiger partial charge in [0.1, 0.15) is 0 Å². The highest BCUT2D eigenvalue weighted by Gasteiger charge is 2.04. The number of rotatable bonds is 5. The van der Waals surface area contributed by atoms with Gasteiger partial charge in [-0.15, -0.1) is 0 Å². The topological polar surface area (TPSA) is 50.4 Å². The molecule has 2 aromatic carbocycles. The van der Waals surface area contributed by atoms with Gasteiger partial charge in [-0.05, 0) is 41.3 Å². The molecule has 0 aromatic heterocycles. The first-order valence-electron chi connectivity index (χ1n) is 7.34. The lowest BCUT2D eigenvalue weighted by Gasteiger charge is -2.10. The predicted octanol–water partition coefficient (Wildman–Crippen LogP) is 4.60. The zero-order valence-electron chi connectivity index (χ0n) is 13.2. The molecule has 0 atom stereocenters. The quantitative estimate of drug-likeness (QED) is 0.847. The van der Waals surface area contributed by atoms with Gasteiger partial charge in [0.2, 0.25) is 0 Å². The maximum atomic E-state index is 12.0. The summed E-state index contributed by atoms with van der Waals surface area (Å²) < 4.78 is 5.05. The maximum Gasteiger partial charge on any atom is 0.323 e. The number of ether oxygens (including phenoxy) is 1. The van der Waals surface area contributed by atoms with Crippen LogP contribution in [-0.4, -0.2) is 13.1 Å². The summed E-state index contributed by atoms with van der Waals surface area (Å²) in [5.74, 6) is 0.480. The maximum absolute atomic E-state index is 12.0. The smallest absolute Gasteiger partial charge is 0.323 e. The predicted molar refractivity (Wildman–Crippen MR) is 90.3 cm³/mol. The van der Waals surface area contributed by atoms with Crippen LogP contribution < -0.4 is 10.6 Å². The van der Waals surface area contributed by atoms with Crippen molar-refractivity contribution in [2.75, 3.05) is 17.7 Å².